The Labute approximate surface area is 185 Å². The lowest BCUT2D eigenvalue weighted by molar-refractivity contribution is -0.304. The number of phenols is 1. The number of hydrogen-bond donors (Lipinski definition) is 3. The Bertz CT molecular complexity index is 957. The molecule has 2 heterocycles. The maximum atomic E-state index is 12.2. The molecule has 4 fully saturated rings. The maximum absolute atomic E-state index is 12.2. The molecule has 4 bridgehead atoms. The van der Waals surface area contributed by atoms with Crippen molar-refractivity contribution in [2.24, 2.45) is 16.7 Å². The summed E-state index contributed by atoms with van der Waals surface area (Å²) in [5, 5.41) is 26.8. The van der Waals surface area contributed by atoms with Gasteiger partial charge in [-0.05, 0) is 69.0 Å². The van der Waals surface area contributed by atoms with E-state index in [9.17, 15) is 10.2 Å². The molecule has 7 rings (SSSR count). The van der Waals surface area contributed by atoms with E-state index in [2.05, 4.69) is 32.2 Å². The Kier molecular flexibility index (Phi) is 3.79. The molecule has 3 saturated carbocycles. The number of benzene rings is 1. The lowest BCUT2D eigenvalue weighted by atomic mass is 9.33. The summed E-state index contributed by atoms with van der Waals surface area (Å²) in [5.41, 5.74) is 0.711. The van der Waals surface area contributed by atoms with Gasteiger partial charge in [-0.3, -0.25) is 0 Å². The van der Waals surface area contributed by atoms with Gasteiger partial charge >= 0.3 is 0 Å². The van der Waals surface area contributed by atoms with Crippen molar-refractivity contribution in [3.8, 4) is 11.5 Å². The minimum absolute atomic E-state index is 0.0146. The first-order valence-electron chi connectivity index (χ1n) is 12.1. The van der Waals surface area contributed by atoms with Crippen molar-refractivity contribution in [1.29, 1.82) is 0 Å². The summed E-state index contributed by atoms with van der Waals surface area (Å²) < 4.78 is 13.3. The molecular formula is C26H37NO4. The maximum Gasteiger partial charge on any atom is 0.165 e. The molecule has 5 nitrogen and oxygen atoms in total. The normalized spacial score (nSPS) is 43.9. The monoisotopic (exact) mass is 427 g/mol. The van der Waals surface area contributed by atoms with Gasteiger partial charge in [-0.15, -0.1) is 0 Å². The molecule has 4 aliphatic carbocycles. The number of nitrogens with one attached hydrogen (secondary N) is 1. The number of hydrogen-bond acceptors (Lipinski definition) is 5. The van der Waals surface area contributed by atoms with Crippen LogP contribution in [0.25, 0.3) is 0 Å². The number of aliphatic hydroxyl groups is 1. The smallest absolute Gasteiger partial charge is 0.165 e. The molecular weight excluding hydrogens is 390 g/mol. The second-order valence-electron chi connectivity index (χ2n) is 11.8. The van der Waals surface area contributed by atoms with Crippen LogP contribution >= 0.6 is 0 Å². The van der Waals surface area contributed by atoms with E-state index in [1.807, 2.05) is 14.0 Å². The summed E-state index contributed by atoms with van der Waals surface area (Å²) in [4.78, 5) is 0. The topological polar surface area (TPSA) is 71.0 Å². The minimum Gasteiger partial charge on any atom is -0.504 e. The predicted molar refractivity (Wildman–Crippen MR) is 119 cm³/mol. The molecule has 2 spiro atoms. The first-order chi connectivity index (χ1) is 14.6. The fourth-order valence-electron chi connectivity index (χ4n) is 8.83. The van der Waals surface area contributed by atoms with Gasteiger partial charge in [-0.2, -0.15) is 0 Å². The van der Waals surface area contributed by atoms with E-state index in [0.29, 0.717) is 11.8 Å². The van der Waals surface area contributed by atoms with E-state index in [0.717, 1.165) is 45.1 Å². The Hall–Kier alpha value is -1.30. The van der Waals surface area contributed by atoms with Crippen molar-refractivity contribution in [3.05, 3.63) is 23.3 Å². The van der Waals surface area contributed by atoms with Gasteiger partial charge in [0.25, 0.3) is 0 Å². The molecule has 2 aliphatic heterocycles. The molecule has 3 N–H and O–H groups in total. The van der Waals surface area contributed by atoms with E-state index in [1.54, 1.807) is 6.07 Å². The summed E-state index contributed by atoms with van der Waals surface area (Å²) in [7, 11) is 1.81. The predicted octanol–water partition coefficient (Wildman–Crippen LogP) is 3.68. The van der Waals surface area contributed by atoms with Gasteiger partial charge < -0.3 is 25.0 Å². The van der Waals surface area contributed by atoms with Crippen molar-refractivity contribution in [2.45, 2.75) is 95.0 Å². The highest BCUT2D eigenvalue weighted by Gasteiger charge is 2.81. The first kappa shape index (κ1) is 20.3. The van der Waals surface area contributed by atoms with Crippen LogP contribution < -0.4 is 10.1 Å². The summed E-state index contributed by atoms with van der Waals surface area (Å²) in [6, 6.07) is 4.27. The zero-order valence-corrected chi connectivity index (χ0v) is 19.5. The first-order valence-corrected chi connectivity index (χ1v) is 12.1. The van der Waals surface area contributed by atoms with Crippen LogP contribution in [0.1, 0.15) is 70.9 Å². The largest absolute Gasteiger partial charge is 0.504 e. The zero-order chi connectivity index (χ0) is 22.0. The van der Waals surface area contributed by atoms with Gasteiger partial charge in [0.1, 0.15) is 11.7 Å². The molecule has 0 amide bonds. The van der Waals surface area contributed by atoms with Crippen LogP contribution in [0.15, 0.2) is 12.1 Å². The Morgan fingerprint density at radius 3 is 2.71 bits per heavy atom. The highest BCUT2D eigenvalue weighted by molar-refractivity contribution is 5.63. The van der Waals surface area contributed by atoms with Crippen molar-refractivity contribution < 1.29 is 19.7 Å². The summed E-state index contributed by atoms with van der Waals surface area (Å²) in [6.45, 7) is 9.52. The van der Waals surface area contributed by atoms with E-state index < -0.39 is 11.2 Å². The fraction of sp³-hybridized carbons (Fsp3) is 0.769. The second kappa shape index (κ2) is 5.78. The average molecular weight is 428 g/mol. The molecule has 1 saturated heterocycles. The number of aromatic hydroxyl groups is 1. The van der Waals surface area contributed by atoms with Crippen LogP contribution in [0.2, 0.25) is 0 Å². The van der Waals surface area contributed by atoms with Gasteiger partial charge in [-0.25, -0.2) is 0 Å². The highest BCUT2D eigenvalue weighted by Crippen LogP contribution is 2.77. The molecule has 5 heteroatoms. The highest BCUT2D eigenvalue weighted by atomic mass is 16.6. The molecule has 7 atom stereocenters. The molecule has 170 valence electrons. The summed E-state index contributed by atoms with van der Waals surface area (Å²) >= 11 is 0. The summed E-state index contributed by atoms with van der Waals surface area (Å²) in [5.74, 6) is 0.898. The molecule has 1 aromatic carbocycles. The third-order valence-corrected chi connectivity index (χ3v) is 11.1. The van der Waals surface area contributed by atoms with Crippen molar-refractivity contribution in [3.63, 3.8) is 0 Å². The lowest BCUT2D eigenvalue weighted by Crippen LogP contribution is -2.83. The van der Waals surface area contributed by atoms with Crippen LogP contribution in [0.3, 0.4) is 0 Å². The molecule has 0 aromatic heterocycles. The summed E-state index contributed by atoms with van der Waals surface area (Å²) in [6.07, 6.45) is 5.57. The average Bonchev–Trinajstić information content (AvgIpc) is 3.11. The molecule has 1 aromatic rings. The van der Waals surface area contributed by atoms with Crippen LogP contribution in [0.4, 0.5) is 0 Å². The number of phenolic OH excluding ortho intramolecular Hbond substituents is 1. The van der Waals surface area contributed by atoms with Crippen LogP contribution in [-0.4, -0.2) is 47.2 Å². The fourth-order valence-corrected chi connectivity index (χ4v) is 8.83. The Morgan fingerprint density at radius 1 is 1.23 bits per heavy atom. The zero-order valence-electron chi connectivity index (χ0n) is 19.5. The van der Waals surface area contributed by atoms with Gasteiger partial charge in [-0.1, -0.05) is 26.8 Å². The van der Waals surface area contributed by atoms with Gasteiger partial charge in [0, 0.05) is 35.5 Å². The van der Waals surface area contributed by atoms with E-state index in [4.69, 9.17) is 9.47 Å². The lowest BCUT2D eigenvalue weighted by Gasteiger charge is -2.74. The van der Waals surface area contributed by atoms with Crippen molar-refractivity contribution in [1.82, 2.24) is 5.32 Å². The number of ether oxygens (including phenoxy) is 2. The standard InChI is InChI=1S/C26H37NO4/c1-6-22(2,3)23(4,29)17-14-24-9-10-26(17,30-5)21-25(24)11-12-27-18(24)13-15-7-8-16(28)20(31-21)19(15)25/h7-8,17-18,21,27-29H,6,9-14H2,1-5H3/t17-,18-,21-,23+,24-,25+,26+/m1/s1. The number of methoxy groups -OCH3 is 1. The number of rotatable bonds is 4. The second-order valence-corrected chi connectivity index (χ2v) is 11.8. The minimum atomic E-state index is -0.901. The van der Waals surface area contributed by atoms with Crippen LogP contribution in [0.5, 0.6) is 11.5 Å². The number of fused-ring (bicyclic) bond motifs is 2. The quantitative estimate of drug-likeness (QED) is 0.684. The third-order valence-electron chi connectivity index (χ3n) is 11.1. The van der Waals surface area contributed by atoms with E-state index in [-0.39, 0.29) is 34.0 Å². The third kappa shape index (κ3) is 1.94. The van der Waals surface area contributed by atoms with Crippen LogP contribution in [-0.2, 0) is 16.6 Å². The van der Waals surface area contributed by atoms with Gasteiger partial charge in [0.15, 0.2) is 11.5 Å². The Balaban J connectivity index is 1.63. The van der Waals surface area contributed by atoms with E-state index >= 15 is 0 Å². The van der Waals surface area contributed by atoms with Gasteiger partial charge in [0.05, 0.1) is 5.60 Å². The SMILES string of the molecule is CCC(C)(C)[C@@](C)(O)[C@H]1C[C@@]23CC[C@@]1(OC)[C@@H]1Oc4c(O)ccc5c4[C@@]12CCN[C@@H]3C5. The molecule has 31 heavy (non-hydrogen) atoms. The molecule has 0 unspecified atom stereocenters. The van der Waals surface area contributed by atoms with E-state index in [1.165, 1.54) is 11.1 Å². The van der Waals surface area contributed by atoms with Crippen molar-refractivity contribution in [2.75, 3.05) is 13.7 Å². The van der Waals surface area contributed by atoms with Crippen molar-refractivity contribution >= 4 is 0 Å². The van der Waals surface area contributed by atoms with Crippen LogP contribution in [0, 0.1) is 16.7 Å². The van der Waals surface area contributed by atoms with Gasteiger partial charge in [0.2, 0.25) is 0 Å². The Morgan fingerprint density at radius 2 is 2.00 bits per heavy atom. The molecule has 0 radical (unpaired) electrons. The number of piperidine rings is 1. The molecule has 6 aliphatic rings.